The first-order valence-corrected chi connectivity index (χ1v) is 5.60. The number of hydrogen-bond acceptors (Lipinski definition) is 3. The SMILES string of the molecule is Oc1ccccc1-c1ccnn1-c1ccccn1. The van der Waals surface area contributed by atoms with E-state index in [4.69, 9.17) is 0 Å². The number of benzene rings is 1. The molecule has 0 atom stereocenters. The lowest BCUT2D eigenvalue weighted by Crippen LogP contribution is -2.00. The highest BCUT2D eigenvalue weighted by Gasteiger charge is 2.10. The molecule has 0 fully saturated rings. The smallest absolute Gasteiger partial charge is 0.153 e. The van der Waals surface area contributed by atoms with Gasteiger partial charge in [0, 0.05) is 11.8 Å². The number of para-hydroxylation sites is 1. The number of phenolic OH excluding ortho intramolecular Hbond substituents is 1. The maximum Gasteiger partial charge on any atom is 0.153 e. The molecule has 0 aliphatic rings. The van der Waals surface area contributed by atoms with Crippen molar-refractivity contribution in [3.05, 3.63) is 60.9 Å². The van der Waals surface area contributed by atoms with Crippen LogP contribution in [0, 0.1) is 0 Å². The van der Waals surface area contributed by atoms with Gasteiger partial charge >= 0.3 is 0 Å². The average Bonchev–Trinajstić information content (AvgIpc) is 2.89. The molecule has 0 aliphatic carbocycles. The fourth-order valence-corrected chi connectivity index (χ4v) is 1.86. The number of phenols is 1. The number of hydrogen-bond donors (Lipinski definition) is 1. The van der Waals surface area contributed by atoms with Gasteiger partial charge in [-0.2, -0.15) is 5.10 Å². The Morgan fingerprint density at radius 1 is 0.889 bits per heavy atom. The Labute approximate surface area is 104 Å². The highest BCUT2D eigenvalue weighted by Crippen LogP contribution is 2.29. The molecule has 4 nitrogen and oxygen atoms in total. The highest BCUT2D eigenvalue weighted by molar-refractivity contribution is 5.68. The second-order valence-corrected chi connectivity index (χ2v) is 3.83. The molecule has 0 amide bonds. The molecule has 0 bridgehead atoms. The van der Waals surface area contributed by atoms with Crippen LogP contribution in [0.1, 0.15) is 0 Å². The van der Waals surface area contributed by atoms with E-state index in [1.807, 2.05) is 36.4 Å². The molecule has 0 radical (unpaired) electrons. The van der Waals surface area contributed by atoms with E-state index in [1.165, 1.54) is 0 Å². The maximum absolute atomic E-state index is 9.89. The van der Waals surface area contributed by atoms with Gasteiger partial charge in [-0.05, 0) is 30.3 Å². The number of nitrogens with zero attached hydrogens (tertiary/aromatic N) is 3. The van der Waals surface area contributed by atoms with Crippen molar-refractivity contribution in [1.82, 2.24) is 14.8 Å². The minimum Gasteiger partial charge on any atom is -0.507 e. The van der Waals surface area contributed by atoms with Crippen LogP contribution >= 0.6 is 0 Å². The summed E-state index contributed by atoms with van der Waals surface area (Å²) in [4.78, 5) is 4.26. The summed E-state index contributed by atoms with van der Waals surface area (Å²) in [5.74, 6) is 0.955. The molecule has 0 unspecified atom stereocenters. The molecule has 3 aromatic rings. The van der Waals surface area contributed by atoms with Crippen LogP contribution in [0.3, 0.4) is 0 Å². The van der Waals surface area contributed by atoms with Crippen molar-refractivity contribution in [2.75, 3.05) is 0 Å². The van der Waals surface area contributed by atoms with E-state index in [2.05, 4.69) is 10.1 Å². The van der Waals surface area contributed by atoms with E-state index >= 15 is 0 Å². The van der Waals surface area contributed by atoms with Gasteiger partial charge in [-0.25, -0.2) is 9.67 Å². The van der Waals surface area contributed by atoms with Gasteiger partial charge in [-0.1, -0.05) is 18.2 Å². The summed E-state index contributed by atoms with van der Waals surface area (Å²) in [6, 6.07) is 14.7. The zero-order chi connectivity index (χ0) is 12.4. The molecular formula is C14H11N3O. The van der Waals surface area contributed by atoms with E-state index in [0.717, 1.165) is 17.1 Å². The van der Waals surface area contributed by atoms with Crippen molar-refractivity contribution in [3.8, 4) is 22.8 Å². The number of rotatable bonds is 2. The summed E-state index contributed by atoms with van der Waals surface area (Å²) in [6.45, 7) is 0. The van der Waals surface area contributed by atoms with Gasteiger partial charge in [0.2, 0.25) is 0 Å². The molecule has 88 valence electrons. The Kier molecular flexibility index (Phi) is 2.53. The van der Waals surface area contributed by atoms with Gasteiger partial charge in [0.05, 0.1) is 11.9 Å². The second-order valence-electron chi connectivity index (χ2n) is 3.83. The van der Waals surface area contributed by atoms with Crippen molar-refractivity contribution in [3.63, 3.8) is 0 Å². The van der Waals surface area contributed by atoms with Crippen molar-refractivity contribution < 1.29 is 5.11 Å². The molecule has 18 heavy (non-hydrogen) atoms. The molecule has 2 heterocycles. The Balaban J connectivity index is 2.16. The third-order valence-corrected chi connectivity index (χ3v) is 2.69. The van der Waals surface area contributed by atoms with Crippen LogP contribution in [-0.2, 0) is 0 Å². The minimum atomic E-state index is 0.232. The van der Waals surface area contributed by atoms with E-state index in [1.54, 1.807) is 29.2 Å². The van der Waals surface area contributed by atoms with Crippen LogP contribution in [0.15, 0.2) is 60.9 Å². The maximum atomic E-state index is 9.89. The molecule has 0 saturated carbocycles. The van der Waals surface area contributed by atoms with Gasteiger partial charge < -0.3 is 5.11 Å². The fraction of sp³-hybridized carbons (Fsp3) is 0. The first kappa shape index (κ1) is 10.5. The van der Waals surface area contributed by atoms with Crippen LogP contribution in [-0.4, -0.2) is 19.9 Å². The largest absolute Gasteiger partial charge is 0.507 e. The lowest BCUT2D eigenvalue weighted by Gasteiger charge is -2.07. The molecule has 2 aromatic heterocycles. The topological polar surface area (TPSA) is 50.9 Å². The van der Waals surface area contributed by atoms with Crippen molar-refractivity contribution in [2.24, 2.45) is 0 Å². The zero-order valence-electron chi connectivity index (χ0n) is 9.56. The monoisotopic (exact) mass is 237 g/mol. The third-order valence-electron chi connectivity index (χ3n) is 2.69. The van der Waals surface area contributed by atoms with Crippen LogP contribution in [0.5, 0.6) is 5.75 Å². The lowest BCUT2D eigenvalue weighted by atomic mass is 10.1. The standard InChI is InChI=1S/C14H11N3O/c18-13-6-2-1-5-11(13)12-8-10-16-17(12)14-7-3-4-9-15-14/h1-10,18H. The average molecular weight is 237 g/mol. The quantitative estimate of drug-likeness (QED) is 0.745. The number of aromatic nitrogens is 3. The number of aromatic hydroxyl groups is 1. The van der Waals surface area contributed by atoms with E-state index < -0.39 is 0 Å². The Morgan fingerprint density at radius 3 is 2.50 bits per heavy atom. The van der Waals surface area contributed by atoms with Crippen molar-refractivity contribution >= 4 is 0 Å². The summed E-state index contributed by atoms with van der Waals surface area (Å²) in [5.41, 5.74) is 1.55. The molecule has 0 saturated heterocycles. The summed E-state index contributed by atoms with van der Waals surface area (Å²) in [5, 5.41) is 14.1. The minimum absolute atomic E-state index is 0.232. The van der Waals surface area contributed by atoms with E-state index in [-0.39, 0.29) is 5.75 Å². The van der Waals surface area contributed by atoms with E-state index in [9.17, 15) is 5.11 Å². The van der Waals surface area contributed by atoms with Crippen molar-refractivity contribution in [1.29, 1.82) is 0 Å². The van der Waals surface area contributed by atoms with Crippen LogP contribution in [0.25, 0.3) is 17.1 Å². The predicted octanol–water partition coefficient (Wildman–Crippen LogP) is 2.64. The number of pyridine rings is 1. The first-order valence-electron chi connectivity index (χ1n) is 5.60. The molecule has 3 rings (SSSR count). The summed E-state index contributed by atoms with van der Waals surface area (Å²) in [7, 11) is 0. The summed E-state index contributed by atoms with van der Waals surface area (Å²) >= 11 is 0. The Hall–Kier alpha value is -2.62. The molecule has 1 aromatic carbocycles. The van der Waals surface area contributed by atoms with Gasteiger partial charge in [-0.15, -0.1) is 0 Å². The molecule has 4 heteroatoms. The van der Waals surface area contributed by atoms with Crippen LogP contribution in [0.4, 0.5) is 0 Å². The molecule has 0 spiro atoms. The van der Waals surface area contributed by atoms with Gasteiger partial charge in [0.1, 0.15) is 5.75 Å². The highest BCUT2D eigenvalue weighted by atomic mass is 16.3. The Morgan fingerprint density at radius 2 is 1.72 bits per heavy atom. The Bertz CT molecular complexity index is 662. The zero-order valence-corrected chi connectivity index (χ0v) is 9.56. The normalized spacial score (nSPS) is 10.4. The lowest BCUT2D eigenvalue weighted by molar-refractivity contribution is 0.477. The third kappa shape index (κ3) is 1.73. The first-order chi connectivity index (χ1) is 8.86. The predicted molar refractivity (Wildman–Crippen MR) is 68.5 cm³/mol. The van der Waals surface area contributed by atoms with Gasteiger partial charge in [-0.3, -0.25) is 0 Å². The van der Waals surface area contributed by atoms with Gasteiger partial charge in [0.15, 0.2) is 5.82 Å². The molecule has 1 N–H and O–H groups in total. The van der Waals surface area contributed by atoms with E-state index in [0.29, 0.717) is 0 Å². The summed E-state index contributed by atoms with van der Waals surface area (Å²) in [6.07, 6.45) is 3.40. The van der Waals surface area contributed by atoms with Gasteiger partial charge in [0.25, 0.3) is 0 Å². The fourth-order valence-electron chi connectivity index (χ4n) is 1.86. The van der Waals surface area contributed by atoms with Crippen LogP contribution in [0.2, 0.25) is 0 Å². The van der Waals surface area contributed by atoms with Crippen molar-refractivity contribution in [2.45, 2.75) is 0 Å². The summed E-state index contributed by atoms with van der Waals surface area (Å²) < 4.78 is 1.70. The second kappa shape index (κ2) is 4.33. The molecule has 0 aliphatic heterocycles. The van der Waals surface area contributed by atoms with Crippen LogP contribution < -0.4 is 0 Å². The molecular weight excluding hydrogens is 226 g/mol.